The first-order valence-corrected chi connectivity index (χ1v) is 14.4. The van der Waals surface area contributed by atoms with E-state index >= 15 is 4.39 Å². The Labute approximate surface area is 228 Å². The van der Waals surface area contributed by atoms with E-state index in [9.17, 15) is 8.42 Å². The molecule has 0 bridgehead atoms. The standard InChI is InChI=1S/C28H24FN5O2S.C2H6/c1-33-18-30-27-24(33)17-25(34(2)23-15-14-21(16-22(23)29)37(3,35)36)31-28(27)32-26(19-10-6-4-7-11-19)20-12-8-5-9-13-20;1-2/h4-18H,1-3H3;1-2H3. The number of hydrogen-bond acceptors (Lipinski definition) is 6. The molecule has 0 atom stereocenters. The van der Waals surface area contributed by atoms with Crippen molar-refractivity contribution < 1.29 is 12.8 Å². The number of pyridine rings is 1. The van der Waals surface area contributed by atoms with E-state index in [0.717, 1.165) is 34.7 Å². The van der Waals surface area contributed by atoms with Crippen molar-refractivity contribution in [3.8, 4) is 0 Å². The van der Waals surface area contributed by atoms with E-state index < -0.39 is 15.7 Å². The zero-order valence-electron chi connectivity index (χ0n) is 22.5. The first kappa shape index (κ1) is 27.7. The molecule has 39 heavy (non-hydrogen) atoms. The minimum atomic E-state index is -3.54. The SMILES string of the molecule is CC.CN(c1cc2c(ncn2C)c(N=C(c2ccccc2)c2ccccc2)n1)c1ccc(S(C)(=O)=O)cc1F. The van der Waals surface area contributed by atoms with Gasteiger partial charge in [0.2, 0.25) is 0 Å². The maximum Gasteiger partial charge on any atom is 0.183 e. The molecule has 0 aliphatic rings. The van der Waals surface area contributed by atoms with Gasteiger partial charge in [0.25, 0.3) is 0 Å². The molecule has 0 fully saturated rings. The fourth-order valence-electron chi connectivity index (χ4n) is 4.06. The minimum Gasteiger partial charge on any atom is -0.334 e. The average Bonchev–Trinajstić information content (AvgIpc) is 3.33. The summed E-state index contributed by atoms with van der Waals surface area (Å²) in [6.07, 6.45) is 2.73. The zero-order chi connectivity index (χ0) is 28.2. The summed E-state index contributed by atoms with van der Waals surface area (Å²) in [7, 11) is 0.00118. The lowest BCUT2D eigenvalue weighted by molar-refractivity contribution is 0.596. The number of hydrogen-bond donors (Lipinski definition) is 0. The Morgan fingerprint density at radius 1 is 0.923 bits per heavy atom. The molecule has 5 rings (SSSR count). The summed E-state index contributed by atoms with van der Waals surface area (Å²) in [5, 5.41) is 0. The minimum absolute atomic E-state index is 0.0853. The molecule has 0 unspecified atom stereocenters. The van der Waals surface area contributed by atoms with Crippen LogP contribution < -0.4 is 4.90 Å². The highest BCUT2D eigenvalue weighted by Crippen LogP contribution is 2.33. The smallest absolute Gasteiger partial charge is 0.183 e. The summed E-state index contributed by atoms with van der Waals surface area (Å²) in [5.74, 6) is 0.147. The van der Waals surface area contributed by atoms with Crippen LogP contribution in [0.2, 0.25) is 0 Å². The van der Waals surface area contributed by atoms with Gasteiger partial charge in [-0.25, -0.2) is 27.8 Å². The van der Waals surface area contributed by atoms with Crippen LogP contribution in [0.3, 0.4) is 0 Å². The molecule has 2 aromatic heterocycles. The molecule has 0 amide bonds. The summed E-state index contributed by atoms with van der Waals surface area (Å²) in [5.41, 5.74) is 4.12. The van der Waals surface area contributed by atoms with Crippen LogP contribution in [0.25, 0.3) is 11.0 Å². The molecule has 0 saturated carbocycles. The zero-order valence-corrected chi connectivity index (χ0v) is 23.3. The van der Waals surface area contributed by atoms with Gasteiger partial charge >= 0.3 is 0 Å². The molecule has 9 heteroatoms. The summed E-state index contributed by atoms with van der Waals surface area (Å²) >= 11 is 0. The average molecular weight is 544 g/mol. The Morgan fingerprint density at radius 2 is 1.51 bits per heavy atom. The largest absolute Gasteiger partial charge is 0.334 e. The summed E-state index contributed by atoms with van der Waals surface area (Å²) < 4.78 is 40.6. The maximum absolute atomic E-state index is 15.0. The van der Waals surface area contributed by atoms with Crippen LogP contribution in [-0.2, 0) is 16.9 Å². The first-order chi connectivity index (χ1) is 18.7. The quantitative estimate of drug-likeness (QED) is 0.229. The molecule has 3 aromatic carbocycles. The van der Waals surface area contributed by atoms with E-state index in [1.165, 1.54) is 12.1 Å². The highest BCUT2D eigenvalue weighted by Gasteiger charge is 2.19. The molecule has 0 saturated heterocycles. The van der Waals surface area contributed by atoms with Gasteiger partial charge < -0.3 is 9.47 Å². The van der Waals surface area contributed by atoms with Crippen LogP contribution in [0.5, 0.6) is 0 Å². The van der Waals surface area contributed by atoms with Crippen molar-refractivity contribution in [1.82, 2.24) is 14.5 Å². The third kappa shape index (κ3) is 5.88. The van der Waals surface area contributed by atoms with Crippen molar-refractivity contribution in [3.63, 3.8) is 0 Å². The van der Waals surface area contributed by atoms with Crippen LogP contribution in [0.1, 0.15) is 25.0 Å². The van der Waals surface area contributed by atoms with E-state index in [-0.39, 0.29) is 10.6 Å². The molecule has 0 radical (unpaired) electrons. The highest BCUT2D eigenvalue weighted by atomic mass is 32.2. The predicted octanol–water partition coefficient (Wildman–Crippen LogP) is 6.47. The fourth-order valence-corrected chi connectivity index (χ4v) is 4.69. The summed E-state index contributed by atoms with van der Waals surface area (Å²) in [6, 6.07) is 25.3. The number of aliphatic imine (C=N–C) groups is 1. The van der Waals surface area contributed by atoms with Gasteiger partial charge in [-0.3, -0.25) is 0 Å². The third-order valence-electron chi connectivity index (χ3n) is 6.05. The normalized spacial score (nSPS) is 11.0. The Bertz CT molecular complexity index is 1690. The molecule has 0 N–H and O–H groups in total. The Morgan fingerprint density at radius 3 is 2.05 bits per heavy atom. The highest BCUT2D eigenvalue weighted by molar-refractivity contribution is 7.90. The van der Waals surface area contributed by atoms with E-state index in [4.69, 9.17) is 9.98 Å². The number of aromatic nitrogens is 3. The number of benzene rings is 3. The molecule has 5 aromatic rings. The van der Waals surface area contributed by atoms with E-state index in [1.807, 2.05) is 86.1 Å². The van der Waals surface area contributed by atoms with Gasteiger partial charge in [0.05, 0.1) is 28.1 Å². The molecule has 0 aliphatic carbocycles. The molecule has 7 nitrogen and oxygen atoms in total. The van der Waals surface area contributed by atoms with Crippen molar-refractivity contribution in [2.75, 3.05) is 18.2 Å². The third-order valence-corrected chi connectivity index (χ3v) is 7.16. The lowest BCUT2D eigenvalue weighted by Crippen LogP contribution is -2.14. The van der Waals surface area contributed by atoms with Crippen LogP contribution in [0, 0.1) is 5.82 Å². The van der Waals surface area contributed by atoms with Gasteiger partial charge in [-0.2, -0.15) is 0 Å². The van der Waals surface area contributed by atoms with Gasteiger partial charge in [-0.1, -0.05) is 74.5 Å². The molecule has 2 heterocycles. The topological polar surface area (TPSA) is 80.5 Å². The number of halogens is 1. The lowest BCUT2D eigenvalue weighted by Gasteiger charge is -2.20. The molecular weight excluding hydrogens is 513 g/mol. The van der Waals surface area contributed by atoms with Crippen molar-refractivity contribution in [2.24, 2.45) is 12.0 Å². The van der Waals surface area contributed by atoms with Gasteiger partial charge in [0, 0.05) is 37.5 Å². The van der Waals surface area contributed by atoms with E-state index in [1.54, 1.807) is 24.3 Å². The number of imidazole rings is 1. The Kier molecular flexibility index (Phi) is 8.21. The van der Waals surface area contributed by atoms with Crippen LogP contribution in [0.4, 0.5) is 21.7 Å². The second-order valence-electron chi connectivity index (χ2n) is 8.66. The van der Waals surface area contributed by atoms with Crippen molar-refractivity contribution in [3.05, 3.63) is 108 Å². The van der Waals surface area contributed by atoms with Crippen LogP contribution >= 0.6 is 0 Å². The van der Waals surface area contributed by atoms with Crippen molar-refractivity contribution in [1.29, 1.82) is 0 Å². The van der Waals surface area contributed by atoms with Crippen molar-refractivity contribution >= 4 is 43.9 Å². The second kappa shape index (κ2) is 11.6. The second-order valence-corrected chi connectivity index (χ2v) is 10.7. The fraction of sp³-hybridized carbons (Fsp3) is 0.167. The number of fused-ring (bicyclic) bond motifs is 1. The molecule has 0 spiro atoms. The molecule has 200 valence electrons. The number of sulfone groups is 1. The van der Waals surface area contributed by atoms with Crippen molar-refractivity contribution in [2.45, 2.75) is 18.7 Å². The van der Waals surface area contributed by atoms with E-state index in [2.05, 4.69) is 4.98 Å². The number of rotatable bonds is 6. The monoisotopic (exact) mass is 543 g/mol. The number of aryl methyl sites for hydroxylation is 1. The van der Waals surface area contributed by atoms with Gasteiger partial charge in [0.15, 0.2) is 15.7 Å². The lowest BCUT2D eigenvalue weighted by atomic mass is 10.0. The first-order valence-electron chi connectivity index (χ1n) is 12.5. The van der Waals surface area contributed by atoms with Crippen LogP contribution in [0.15, 0.2) is 101 Å². The van der Waals surface area contributed by atoms with Gasteiger partial charge in [-0.15, -0.1) is 0 Å². The maximum atomic E-state index is 15.0. The van der Waals surface area contributed by atoms with Gasteiger partial charge in [-0.05, 0) is 18.2 Å². The van der Waals surface area contributed by atoms with Gasteiger partial charge in [0.1, 0.15) is 17.2 Å². The predicted molar refractivity (Wildman–Crippen MR) is 156 cm³/mol. The Hall–Kier alpha value is -4.37. The Balaban J connectivity index is 0.00000172. The number of anilines is 2. The summed E-state index contributed by atoms with van der Waals surface area (Å²) in [4.78, 5) is 15.8. The summed E-state index contributed by atoms with van der Waals surface area (Å²) in [6.45, 7) is 4.00. The molecule has 0 aliphatic heterocycles. The van der Waals surface area contributed by atoms with E-state index in [0.29, 0.717) is 17.2 Å². The molecular formula is C30H30FN5O2S. The van der Waals surface area contributed by atoms with Crippen LogP contribution in [-0.4, -0.2) is 42.0 Å². The number of nitrogens with zero attached hydrogens (tertiary/aromatic N) is 5.